The molecule has 0 radical (unpaired) electrons. The highest BCUT2D eigenvalue weighted by molar-refractivity contribution is 5.44. The zero-order chi connectivity index (χ0) is 13.2. The fourth-order valence-electron chi connectivity index (χ4n) is 1.31. The summed E-state index contributed by atoms with van der Waals surface area (Å²) in [7, 11) is 0. The normalized spacial score (nSPS) is 11.6. The van der Waals surface area contributed by atoms with E-state index in [1.165, 1.54) is 6.07 Å². The largest absolute Gasteiger partial charge is 0.433 e. The van der Waals surface area contributed by atoms with Crippen molar-refractivity contribution in [2.45, 2.75) is 19.0 Å². The molecular formula is C9H6F5N3. The van der Waals surface area contributed by atoms with Crippen molar-refractivity contribution in [3.05, 3.63) is 22.9 Å². The number of halogens is 5. The average molecular weight is 251 g/mol. The quantitative estimate of drug-likeness (QED) is 0.822. The summed E-state index contributed by atoms with van der Waals surface area (Å²) in [6, 6.07) is 2.04. The van der Waals surface area contributed by atoms with E-state index in [1.54, 1.807) is 0 Å². The number of nitriles is 1. The minimum atomic E-state index is -4.93. The van der Waals surface area contributed by atoms with Crippen molar-refractivity contribution in [3.8, 4) is 6.07 Å². The van der Waals surface area contributed by atoms with Crippen molar-refractivity contribution in [1.82, 2.24) is 4.98 Å². The maximum Gasteiger partial charge on any atom is 0.433 e. The summed E-state index contributed by atoms with van der Waals surface area (Å²) in [6.07, 6.45) is -8.88. The lowest BCUT2D eigenvalue weighted by molar-refractivity contribution is -0.141. The SMILES string of the molecule is N#CCc1c(C(F)F)cc(N)nc1C(F)(F)F. The number of hydrogen-bond acceptors (Lipinski definition) is 3. The Balaban J connectivity index is 3.53. The molecule has 0 unspecified atom stereocenters. The van der Waals surface area contributed by atoms with Gasteiger partial charge in [-0.15, -0.1) is 0 Å². The van der Waals surface area contributed by atoms with Crippen LogP contribution in [0.25, 0.3) is 0 Å². The number of nitrogens with zero attached hydrogens (tertiary/aromatic N) is 2. The molecule has 0 aliphatic carbocycles. The van der Waals surface area contributed by atoms with Crippen LogP contribution in [0.15, 0.2) is 6.07 Å². The number of pyridine rings is 1. The summed E-state index contributed by atoms with van der Waals surface area (Å²) in [5, 5.41) is 8.36. The Bertz CT molecular complexity index is 461. The zero-order valence-corrected chi connectivity index (χ0v) is 8.22. The molecule has 0 aliphatic heterocycles. The molecule has 8 heteroatoms. The van der Waals surface area contributed by atoms with E-state index >= 15 is 0 Å². The van der Waals surface area contributed by atoms with Gasteiger partial charge in [0.15, 0.2) is 5.69 Å². The standard InChI is InChI=1S/C9H6F5N3/c10-8(11)5-3-6(16)17-7(9(12,13)14)4(5)1-2-15/h3,8H,1H2,(H2,16,17). The van der Waals surface area contributed by atoms with E-state index in [-0.39, 0.29) is 0 Å². The van der Waals surface area contributed by atoms with E-state index in [2.05, 4.69) is 4.98 Å². The Labute approximate surface area is 92.7 Å². The Morgan fingerprint density at radius 1 is 1.41 bits per heavy atom. The van der Waals surface area contributed by atoms with Crippen LogP contribution >= 0.6 is 0 Å². The molecule has 0 saturated carbocycles. The van der Waals surface area contributed by atoms with Gasteiger partial charge in [0.2, 0.25) is 0 Å². The fourth-order valence-corrected chi connectivity index (χ4v) is 1.31. The molecular weight excluding hydrogens is 245 g/mol. The summed E-state index contributed by atoms with van der Waals surface area (Å²) in [5.41, 5.74) is 1.76. The molecule has 0 aromatic carbocycles. The predicted octanol–water partition coefficient (Wildman–Crippen LogP) is 2.69. The van der Waals surface area contributed by atoms with Crippen LogP contribution in [0, 0.1) is 11.3 Å². The van der Waals surface area contributed by atoms with Gasteiger partial charge in [0.25, 0.3) is 6.43 Å². The molecule has 1 aromatic heterocycles. The predicted molar refractivity (Wildman–Crippen MR) is 47.9 cm³/mol. The average Bonchev–Trinajstić information content (AvgIpc) is 2.18. The van der Waals surface area contributed by atoms with Crippen molar-refractivity contribution in [2.75, 3.05) is 5.73 Å². The first-order valence-electron chi connectivity index (χ1n) is 4.29. The Hall–Kier alpha value is -1.91. The van der Waals surface area contributed by atoms with Gasteiger partial charge in [-0.3, -0.25) is 0 Å². The minimum absolute atomic E-state index is 0.645. The van der Waals surface area contributed by atoms with E-state index in [0.717, 1.165) is 0 Å². The van der Waals surface area contributed by atoms with Crippen LogP contribution in [0.5, 0.6) is 0 Å². The number of aromatic nitrogens is 1. The highest BCUT2D eigenvalue weighted by atomic mass is 19.4. The van der Waals surface area contributed by atoms with Gasteiger partial charge in [-0.2, -0.15) is 18.4 Å². The first-order chi connectivity index (χ1) is 7.77. The van der Waals surface area contributed by atoms with Crippen LogP contribution in [-0.2, 0) is 12.6 Å². The Morgan fingerprint density at radius 2 is 2.00 bits per heavy atom. The number of nitrogen functional groups attached to an aromatic ring is 1. The molecule has 0 atom stereocenters. The van der Waals surface area contributed by atoms with Crippen molar-refractivity contribution in [2.24, 2.45) is 0 Å². The van der Waals surface area contributed by atoms with Crippen LogP contribution in [0.2, 0.25) is 0 Å². The molecule has 1 heterocycles. The van der Waals surface area contributed by atoms with E-state index in [1.807, 2.05) is 0 Å². The van der Waals surface area contributed by atoms with Crippen molar-refractivity contribution < 1.29 is 22.0 Å². The second-order valence-electron chi connectivity index (χ2n) is 3.10. The third-order valence-electron chi connectivity index (χ3n) is 1.94. The fraction of sp³-hybridized carbons (Fsp3) is 0.333. The minimum Gasteiger partial charge on any atom is -0.384 e. The van der Waals surface area contributed by atoms with Crippen LogP contribution in [-0.4, -0.2) is 4.98 Å². The van der Waals surface area contributed by atoms with Crippen LogP contribution < -0.4 is 5.73 Å². The molecule has 17 heavy (non-hydrogen) atoms. The van der Waals surface area contributed by atoms with Gasteiger partial charge in [-0.1, -0.05) is 0 Å². The molecule has 0 fully saturated rings. The van der Waals surface area contributed by atoms with Crippen molar-refractivity contribution >= 4 is 5.82 Å². The van der Waals surface area contributed by atoms with Gasteiger partial charge in [0, 0.05) is 11.1 Å². The molecule has 1 rings (SSSR count). The van der Waals surface area contributed by atoms with E-state index in [9.17, 15) is 22.0 Å². The van der Waals surface area contributed by atoms with E-state index in [4.69, 9.17) is 11.0 Å². The summed E-state index contributed by atoms with van der Waals surface area (Å²) < 4.78 is 62.6. The number of anilines is 1. The molecule has 1 aromatic rings. The first kappa shape index (κ1) is 13.2. The summed E-state index contributed by atoms with van der Waals surface area (Å²) in [6.45, 7) is 0. The molecule has 0 amide bonds. The third-order valence-corrected chi connectivity index (χ3v) is 1.94. The monoisotopic (exact) mass is 251 g/mol. The first-order valence-corrected chi connectivity index (χ1v) is 4.29. The lowest BCUT2D eigenvalue weighted by Crippen LogP contribution is -2.15. The maximum atomic E-state index is 12.5. The number of hydrogen-bond donors (Lipinski definition) is 1. The van der Waals surface area contributed by atoms with Crippen LogP contribution in [0.1, 0.15) is 23.2 Å². The highest BCUT2D eigenvalue weighted by Gasteiger charge is 2.37. The number of nitrogens with two attached hydrogens (primary N) is 1. The smallest absolute Gasteiger partial charge is 0.384 e. The molecule has 2 N–H and O–H groups in total. The highest BCUT2D eigenvalue weighted by Crippen LogP contribution is 2.36. The maximum absolute atomic E-state index is 12.5. The molecule has 0 spiro atoms. The molecule has 0 bridgehead atoms. The van der Waals surface area contributed by atoms with Crippen molar-refractivity contribution in [1.29, 1.82) is 5.26 Å². The van der Waals surface area contributed by atoms with Gasteiger partial charge in [0.05, 0.1) is 12.5 Å². The summed E-state index contributed by atoms with van der Waals surface area (Å²) in [4.78, 5) is 2.97. The van der Waals surface area contributed by atoms with E-state index in [0.29, 0.717) is 6.07 Å². The second-order valence-corrected chi connectivity index (χ2v) is 3.10. The Morgan fingerprint density at radius 3 is 2.41 bits per heavy atom. The van der Waals surface area contributed by atoms with Gasteiger partial charge in [0.1, 0.15) is 5.82 Å². The third kappa shape index (κ3) is 2.81. The topological polar surface area (TPSA) is 62.7 Å². The molecule has 92 valence electrons. The molecule has 0 saturated heterocycles. The number of alkyl halides is 5. The summed E-state index contributed by atoms with van der Waals surface area (Å²) >= 11 is 0. The zero-order valence-electron chi connectivity index (χ0n) is 8.22. The molecule has 3 nitrogen and oxygen atoms in total. The lowest BCUT2D eigenvalue weighted by Gasteiger charge is -2.14. The van der Waals surface area contributed by atoms with Gasteiger partial charge in [-0.05, 0) is 6.07 Å². The van der Waals surface area contributed by atoms with Crippen molar-refractivity contribution in [3.63, 3.8) is 0 Å². The molecule has 0 aliphatic rings. The van der Waals surface area contributed by atoms with Gasteiger partial charge < -0.3 is 5.73 Å². The summed E-state index contributed by atoms with van der Waals surface area (Å²) in [5.74, 6) is -0.658. The lowest BCUT2D eigenvalue weighted by atomic mass is 10.0. The van der Waals surface area contributed by atoms with Gasteiger partial charge >= 0.3 is 6.18 Å². The Kier molecular flexibility index (Phi) is 3.50. The van der Waals surface area contributed by atoms with Crippen LogP contribution in [0.3, 0.4) is 0 Å². The second kappa shape index (κ2) is 4.53. The van der Waals surface area contributed by atoms with Crippen LogP contribution in [0.4, 0.5) is 27.8 Å². The van der Waals surface area contributed by atoms with Gasteiger partial charge in [-0.25, -0.2) is 13.8 Å². The van der Waals surface area contributed by atoms with E-state index < -0.39 is 41.7 Å². The number of rotatable bonds is 2.